The molecule has 2 heterocycles. The molecule has 1 fully saturated rings. The van der Waals surface area contributed by atoms with Gasteiger partial charge in [-0.1, -0.05) is 41.9 Å². The minimum Gasteiger partial charge on any atom is -0.342 e. The van der Waals surface area contributed by atoms with E-state index in [1.165, 1.54) is 0 Å². The minimum atomic E-state index is 0.127. The number of para-hydroxylation sites is 2. The molecule has 1 aliphatic rings. The molecule has 1 amide bonds. The van der Waals surface area contributed by atoms with Crippen molar-refractivity contribution in [3.63, 3.8) is 0 Å². The van der Waals surface area contributed by atoms with E-state index < -0.39 is 0 Å². The molecule has 0 aliphatic carbocycles. The summed E-state index contributed by atoms with van der Waals surface area (Å²) in [6, 6.07) is 16.0. The van der Waals surface area contributed by atoms with Crippen molar-refractivity contribution < 1.29 is 4.79 Å². The molecule has 25 heavy (non-hydrogen) atoms. The van der Waals surface area contributed by atoms with E-state index in [1.807, 2.05) is 54.3 Å². The maximum atomic E-state index is 12.2. The fraction of sp³-hybridized carbons (Fsp3) is 0.300. The number of fused-ring (bicyclic) bond motifs is 1. The van der Waals surface area contributed by atoms with Gasteiger partial charge in [-0.15, -0.1) is 0 Å². The molecule has 0 saturated carbocycles. The first-order chi connectivity index (χ1) is 12.2. The van der Waals surface area contributed by atoms with Gasteiger partial charge in [0.05, 0.1) is 17.6 Å². The molecule has 128 valence electrons. The number of rotatable bonds is 4. The van der Waals surface area contributed by atoms with Crippen LogP contribution in [0.1, 0.15) is 30.7 Å². The van der Waals surface area contributed by atoms with E-state index in [0.717, 1.165) is 40.5 Å². The van der Waals surface area contributed by atoms with Crippen LogP contribution in [0.15, 0.2) is 48.5 Å². The van der Waals surface area contributed by atoms with Crippen molar-refractivity contribution in [1.82, 2.24) is 14.5 Å². The zero-order valence-corrected chi connectivity index (χ0v) is 14.9. The number of hydrogen-bond acceptors (Lipinski definition) is 2. The van der Waals surface area contributed by atoms with Gasteiger partial charge in [-0.3, -0.25) is 4.79 Å². The Morgan fingerprint density at radius 1 is 1.16 bits per heavy atom. The van der Waals surface area contributed by atoms with Crippen LogP contribution < -0.4 is 0 Å². The summed E-state index contributed by atoms with van der Waals surface area (Å²) in [6.45, 7) is 4.17. The number of nitrogens with zero attached hydrogens (tertiary/aromatic N) is 3. The maximum Gasteiger partial charge on any atom is 0.223 e. The Morgan fingerprint density at radius 2 is 1.92 bits per heavy atom. The molecule has 3 aromatic rings. The number of imidazole rings is 1. The molecule has 1 saturated heterocycles. The molecule has 1 aromatic heterocycles. The first-order valence-electron chi connectivity index (χ1n) is 8.63. The summed E-state index contributed by atoms with van der Waals surface area (Å²) in [5, 5.41) is 0.754. The van der Waals surface area contributed by atoms with E-state index in [0.29, 0.717) is 13.0 Å². The smallest absolute Gasteiger partial charge is 0.223 e. The number of halogens is 1. The lowest BCUT2D eigenvalue weighted by molar-refractivity contribution is -0.127. The molecule has 2 aromatic carbocycles. The highest BCUT2D eigenvalue weighted by atomic mass is 35.5. The third-order valence-electron chi connectivity index (χ3n) is 4.93. The lowest BCUT2D eigenvalue weighted by atomic mass is 10.1. The quantitative estimate of drug-likeness (QED) is 0.709. The van der Waals surface area contributed by atoms with Gasteiger partial charge in [0, 0.05) is 30.5 Å². The molecule has 0 N–H and O–H groups in total. The topological polar surface area (TPSA) is 38.1 Å². The van der Waals surface area contributed by atoms with Crippen molar-refractivity contribution in [2.24, 2.45) is 0 Å². The number of carbonyl (C=O) groups is 1. The molecule has 1 aliphatic heterocycles. The fourth-order valence-electron chi connectivity index (χ4n) is 3.62. The van der Waals surface area contributed by atoms with Crippen molar-refractivity contribution in [2.45, 2.75) is 25.8 Å². The van der Waals surface area contributed by atoms with Crippen LogP contribution in [0.3, 0.4) is 0 Å². The van der Waals surface area contributed by atoms with Crippen LogP contribution in [0.25, 0.3) is 11.0 Å². The summed E-state index contributed by atoms with van der Waals surface area (Å²) >= 11 is 6.38. The molecule has 0 unspecified atom stereocenters. The Morgan fingerprint density at radius 3 is 2.68 bits per heavy atom. The average Bonchev–Trinajstić information content (AvgIpc) is 3.17. The molecule has 1 atom stereocenters. The molecule has 0 spiro atoms. The number of aromatic nitrogens is 2. The summed E-state index contributed by atoms with van der Waals surface area (Å²) in [7, 11) is 0. The Kier molecular flexibility index (Phi) is 4.22. The van der Waals surface area contributed by atoms with Gasteiger partial charge in [0.15, 0.2) is 0 Å². The van der Waals surface area contributed by atoms with Gasteiger partial charge in [-0.05, 0) is 30.7 Å². The molecular weight excluding hydrogens is 334 g/mol. The third kappa shape index (κ3) is 2.91. The van der Waals surface area contributed by atoms with Crippen LogP contribution in [0.2, 0.25) is 5.02 Å². The zero-order chi connectivity index (χ0) is 17.4. The number of carbonyl (C=O) groups excluding carboxylic acids is 1. The number of hydrogen-bond donors (Lipinski definition) is 0. The second kappa shape index (κ2) is 6.52. The largest absolute Gasteiger partial charge is 0.342 e. The molecule has 5 heteroatoms. The minimum absolute atomic E-state index is 0.127. The Labute approximate surface area is 152 Å². The third-order valence-corrected chi connectivity index (χ3v) is 5.30. The highest BCUT2D eigenvalue weighted by Crippen LogP contribution is 2.31. The Bertz CT molecular complexity index is 934. The van der Waals surface area contributed by atoms with Crippen LogP contribution >= 0.6 is 11.6 Å². The van der Waals surface area contributed by atoms with Crippen LogP contribution in [0.4, 0.5) is 0 Å². The van der Waals surface area contributed by atoms with Crippen LogP contribution in [0, 0.1) is 0 Å². The lowest BCUT2D eigenvalue weighted by Crippen LogP contribution is -2.24. The van der Waals surface area contributed by atoms with Gasteiger partial charge in [-0.25, -0.2) is 4.98 Å². The lowest BCUT2D eigenvalue weighted by Gasteiger charge is -2.16. The van der Waals surface area contributed by atoms with E-state index in [4.69, 9.17) is 16.6 Å². The summed E-state index contributed by atoms with van der Waals surface area (Å²) in [4.78, 5) is 19.0. The van der Waals surface area contributed by atoms with E-state index in [-0.39, 0.29) is 11.8 Å². The normalized spacial score (nSPS) is 17.6. The number of amides is 1. The van der Waals surface area contributed by atoms with Gasteiger partial charge in [0.2, 0.25) is 5.91 Å². The van der Waals surface area contributed by atoms with Crippen molar-refractivity contribution in [3.8, 4) is 0 Å². The molecule has 4 rings (SSSR count). The van der Waals surface area contributed by atoms with Gasteiger partial charge in [0.1, 0.15) is 5.82 Å². The van der Waals surface area contributed by atoms with E-state index in [2.05, 4.69) is 10.6 Å². The zero-order valence-electron chi connectivity index (χ0n) is 14.2. The number of likely N-dealkylation sites (tertiary alicyclic amines) is 1. The van der Waals surface area contributed by atoms with E-state index in [9.17, 15) is 4.79 Å². The SMILES string of the molecule is CCN1C[C@H](c2nc3ccccc3n2Cc2ccccc2Cl)CC1=O. The van der Waals surface area contributed by atoms with Gasteiger partial charge in [-0.2, -0.15) is 0 Å². The predicted molar refractivity (Wildman–Crippen MR) is 99.9 cm³/mol. The van der Waals surface area contributed by atoms with Crippen LogP contribution in [-0.2, 0) is 11.3 Å². The predicted octanol–water partition coefficient (Wildman–Crippen LogP) is 4.07. The molecule has 0 radical (unpaired) electrons. The Balaban J connectivity index is 1.79. The Hall–Kier alpha value is -2.33. The summed E-state index contributed by atoms with van der Waals surface area (Å²) in [5.74, 6) is 1.32. The fourth-order valence-corrected chi connectivity index (χ4v) is 3.82. The molecule has 4 nitrogen and oxygen atoms in total. The first-order valence-corrected chi connectivity index (χ1v) is 9.01. The van der Waals surface area contributed by atoms with Gasteiger partial charge >= 0.3 is 0 Å². The van der Waals surface area contributed by atoms with Crippen LogP contribution in [0.5, 0.6) is 0 Å². The van der Waals surface area contributed by atoms with Crippen molar-refractivity contribution in [2.75, 3.05) is 13.1 Å². The highest BCUT2D eigenvalue weighted by molar-refractivity contribution is 6.31. The number of benzene rings is 2. The summed E-state index contributed by atoms with van der Waals surface area (Å²) in [5.41, 5.74) is 3.11. The molecule has 0 bridgehead atoms. The second-order valence-electron chi connectivity index (χ2n) is 6.47. The highest BCUT2D eigenvalue weighted by Gasteiger charge is 2.33. The van der Waals surface area contributed by atoms with Crippen molar-refractivity contribution >= 4 is 28.5 Å². The van der Waals surface area contributed by atoms with Crippen molar-refractivity contribution in [1.29, 1.82) is 0 Å². The maximum absolute atomic E-state index is 12.2. The van der Waals surface area contributed by atoms with E-state index in [1.54, 1.807) is 0 Å². The number of likely N-dealkylation sites (N-methyl/N-ethyl adjacent to an activating group) is 1. The van der Waals surface area contributed by atoms with Crippen LogP contribution in [-0.4, -0.2) is 33.4 Å². The van der Waals surface area contributed by atoms with Gasteiger partial charge < -0.3 is 9.47 Å². The first kappa shape index (κ1) is 16.2. The second-order valence-corrected chi connectivity index (χ2v) is 6.88. The van der Waals surface area contributed by atoms with E-state index >= 15 is 0 Å². The standard InChI is InChI=1S/C20H20ClN3O/c1-2-23-12-15(11-19(23)25)20-22-17-9-5-6-10-18(17)24(20)13-14-7-3-4-8-16(14)21/h3-10,15H,2,11-13H2,1H3/t15-/m1/s1. The summed E-state index contributed by atoms with van der Waals surface area (Å²) in [6.07, 6.45) is 0.527. The van der Waals surface area contributed by atoms with Gasteiger partial charge in [0.25, 0.3) is 0 Å². The monoisotopic (exact) mass is 353 g/mol. The molecular formula is C20H20ClN3O. The summed E-state index contributed by atoms with van der Waals surface area (Å²) < 4.78 is 2.22. The van der Waals surface area contributed by atoms with Crippen molar-refractivity contribution in [3.05, 3.63) is 64.9 Å². The average molecular weight is 354 g/mol.